The molecule has 1 fully saturated rings. The van der Waals surface area contributed by atoms with Crippen molar-refractivity contribution in [1.29, 1.82) is 0 Å². The molecule has 1 spiro atoms. The largest absolute Gasteiger partial charge is 0.488 e. The molecule has 0 amide bonds. The molecule has 94 valence electrons. The van der Waals surface area contributed by atoms with E-state index in [0.29, 0.717) is 26.4 Å². The summed E-state index contributed by atoms with van der Waals surface area (Å²) in [4.78, 5) is 0. The second-order valence-electron chi connectivity index (χ2n) is 5.15. The van der Waals surface area contributed by atoms with E-state index in [0.717, 1.165) is 11.5 Å². The summed E-state index contributed by atoms with van der Waals surface area (Å²) in [7, 11) is 0. The molecule has 17 heavy (non-hydrogen) atoms. The van der Waals surface area contributed by atoms with Gasteiger partial charge in [0.15, 0.2) is 17.3 Å². The van der Waals surface area contributed by atoms with E-state index >= 15 is 0 Å². The molecule has 2 aliphatic heterocycles. The lowest BCUT2D eigenvalue weighted by Crippen LogP contribution is -2.51. The van der Waals surface area contributed by atoms with Crippen LogP contribution in [0.3, 0.4) is 0 Å². The van der Waals surface area contributed by atoms with Crippen molar-refractivity contribution in [2.75, 3.05) is 26.4 Å². The monoisotopic (exact) mass is 256 g/mol. The Morgan fingerprint density at radius 3 is 2.00 bits per heavy atom. The summed E-state index contributed by atoms with van der Waals surface area (Å²) in [5.41, 5.74) is -0.188. The molecule has 3 rings (SSSR count). The molecule has 3 heterocycles. The maximum absolute atomic E-state index is 5.78. The van der Waals surface area contributed by atoms with E-state index in [4.69, 9.17) is 18.9 Å². The molecule has 5 heteroatoms. The Bertz CT molecular complexity index is 378. The van der Waals surface area contributed by atoms with Crippen molar-refractivity contribution in [3.8, 4) is 11.5 Å². The van der Waals surface area contributed by atoms with Crippen LogP contribution in [0.15, 0.2) is 10.8 Å². The van der Waals surface area contributed by atoms with Crippen LogP contribution in [0.4, 0.5) is 0 Å². The fourth-order valence-corrected chi connectivity index (χ4v) is 2.57. The summed E-state index contributed by atoms with van der Waals surface area (Å²) in [6, 6.07) is 0. The molecule has 0 N–H and O–H groups in total. The maximum Gasteiger partial charge on any atom is 0.171 e. The quantitative estimate of drug-likeness (QED) is 0.713. The highest BCUT2D eigenvalue weighted by Crippen LogP contribution is 2.39. The van der Waals surface area contributed by atoms with Gasteiger partial charge in [0.2, 0.25) is 0 Å². The summed E-state index contributed by atoms with van der Waals surface area (Å²) in [6.45, 7) is 6.21. The van der Waals surface area contributed by atoms with Gasteiger partial charge in [-0.05, 0) is 13.8 Å². The lowest BCUT2D eigenvalue weighted by atomic mass is 9.91. The van der Waals surface area contributed by atoms with E-state index in [1.54, 1.807) is 11.3 Å². The number of ether oxygens (including phenoxy) is 4. The molecule has 0 aromatic carbocycles. The van der Waals surface area contributed by atoms with Gasteiger partial charge in [0, 0.05) is 10.8 Å². The van der Waals surface area contributed by atoms with Crippen LogP contribution in [0.1, 0.15) is 13.8 Å². The van der Waals surface area contributed by atoms with Crippen molar-refractivity contribution in [1.82, 2.24) is 0 Å². The molecule has 0 bridgehead atoms. The van der Waals surface area contributed by atoms with Gasteiger partial charge in [-0.15, -0.1) is 11.3 Å². The molecule has 1 saturated heterocycles. The van der Waals surface area contributed by atoms with Crippen molar-refractivity contribution < 1.29 is 18.9 Å². The standard InChI is InChI=1S/C12H16O4S/c1-11(2)15-7-12(8-16-11)5-13-9-3-17-4-10(9)14-6-12/h3-4H,5-8H2,1-2H3. The number of fused-ring (bicyclic) bond motifs is 1. The van der Waals surface area contributed by atoms with Crippen molar-refractivity contribution in [2.24, 2.45) is 5.41 Å². The lowest BCUT2D eigenvalue weighted by molar-refractivity contribution is -0.291. The molecule has 0 radical (unpaired) electrons. The Morgan fingerprint density at radius 2 is 1.47 bits per heavy atom. The van der Waals surface area contributed by atoms with Crippen molar-refractivity contribution in [3.63, 3.8) is 0 Å². The Labute approximate surface area is 104 Å². The molecule has 2 aliphatic rings. The number of hydrogen-bond donors (Lipinski definition) is 0. The Hall–Kier alpha value is -0.780. The first-order chi connectivity index (χ1) is 8.09. The second kappa shape index (κ2) is 3.86. The summed E-state index contributed by atoms with van der Waals surface area (Å²) in [6.07, 6.45) is 0. The highest BCUT2D eigenvalue weighted by molar-refractivity contribution is 7.08. The van der Waals surface area contributed by atoms with E-state index in [1.165, 1.54) is 0 Å². The predicted octanol–water partition coefficient (Wildman–Crippen LogP) is 2.29. The number of hydrogen-bond acceptors (Lipinski definition) is 5. The first-order valence-electron chi connectivity index (χ1n) is 5.68. The van der Waals surface area contributed by atoms with Gasteiger partial charge >= 0.3 is 0 Å². The Morgan fingerprint density at radius 1 is 0.941 bits per heavy atom. The molecular weight excluding hydrogens is 240 g/mol. The van der Waals surface area contributed by atoms with Crippen LogP contribution in [0.25, 0.3) is 0 Å². The first-order valence-corrected chi connectivity index (χ1v) is 6.63. The fraction of sp³-hybridized carbons (Fsp3) is 0.667. The molecule has 0 aliphatic carbocycles. The van der Waals surface area contributed by atoms with Crippen LogP contribution in [-0.4, -0.2) is 32.2 Å². The van der Waals surface area contributed by atoms with Gasteiger partial charge in [0.25, 0.3) is 0 Å². The smallest absolute Gasteiger partial charge is 0.171 e. The van der Waals surface area contributed by atoms with E-state index in [-0.39, 0.29) is 5.41 Å². The SMILES string of the molecule is CC1(C)OCC2(COc3cscc3OC2)CO1. The third kappa shape index (κ3) is 2.14. The van der Waals surface area contributed by atoms with E-state index < -0.39 is 5.79 Å². The molecule has 1 aromatic heterocycles. The average molecular weight is 256 g/mol. The van der Waals surface area contributed by atoms with Gasteiger partial charge in [0.1, 0.15) is 13.2 Å². The molecule has 1 aromatic rings. The van der Waals surface area contributed by atoms with Crippen LogP contribution in [-0.2, 0) is 9.47 Å². The number of thiophene rings is 1. The highest BCUT2D eigenvalue weighted by Gasteiger charge is 2.43. The Balaban J connectivity index is 1.73. The molecule has 4 nitrogen and oxygen atoms in total. The molecule has 0 atom stereocenters. The normalized spacial score (nSPS) is 25.5. The minimum atomic E-state index is -0.498. The summed E-state index contributed by atoms with van der Waals surface area (Å²) >= 11 is 1.59. The Kier molecular flexibility index (Phi) is 2.57. The summed E-state index contributed by atoms with van der Waals surface area (Å²) < 4.78 is 23.0. The van der Waals surface area contributed by atoms with Crippen LogP contribution in [0.5, 0.6) is 11.5 Å². The maximum atomic E-state index is 5.78. The molecule has 0 saturated carbocycles. The van der Waals surface area contributed by atoms with Crippen LogP contribution in [0, 0.1) is 5.41 Å². The topological polar surface area (TPSA) is 36.9 Å². The van der Waals surface area contributed by atoms with Gasteiger partial charge in [-0.1, -0.05) is 0 Å². The zero-order chi connectivity index (χ0) is 11.9. The van der Waals surface area contributed by atoms with E-state index in [2.05, 4.69) is 0 Å². The van der Waals surface area contributed by atoms with Crippen LogP contribution in [0.2, 0.25) is 0 Å². The molecular formula is C12H16O4S. The zero-order valence-corrected chi connectivity index (χ0v) is 10.8. The third-order valence-electron chi connectivity index (χ3n) is 3.11. The van der Waals surface area contributed by atoms with Crippen molar-refractivity contribution >= 4 is 11.3 Å². The van der Waals surface area contributed by atoms with Gasteiger partial charge in [0.05, 0.1) is 18.6 Å². The average Bonchev–Trinajstić information content (AvgIpc) is 2.68. The number of rotatable bonds is 0. The first kappa shape index (κ1) is 11.3. The zero-order valence-electron chi connectivity index (χ0n) is 10.0. The minimum Gasteiger partial charge on any atom is -0.488 e. The predicted molar refractivity (Wildman–Crippen MR) is 63.7 cm³/mol. The van der Waals surface area contributed by atoms with Gasteiger partial charge < -0.3 is 18.9 Å². The van der Waals surface area contributed by atoms with Gasteiger partial charge in [-0.3, -0.25) is 0 Å². The fourth-order valence-electron chi connectivity index (χ4n) is 1.89. The highest BCUT2D eigenvalue weighted by atomic mass is 32.1. The third-order valence-corrected chi connectivity index (χ3v) is 3.81. The van der Waals surface area contributed by atoms with E-state index in [9.17, 15) is 0 Å². The van der Waals surface area contributed by atoms with Crippen LogP contribution >= 0.6 is 11.3 Å². The second-order valence-corrected chi connectivity index (χ2v) is 5.90. The van der Waals surface area contributed by atoms with Crippen molar-refractivity contribution in [3.05, 3.63) is 10.8 Å². The summed E-state index contributed by atoms with van der Waals surface area (Å²) in [5, 5.41) is 3.92. The lowest BCUT2D eigenvalue weighted by Gasteiger charge is -2.41. The molecule has 0 unspecified atom stereocenters. The van der Waals surface area contributed by atoms with Crippen molar-refractivity contribution in [2.45, 2.75) is 19.6 Å². The van der Waals surface area contributed by atoms with Gasteiger partial charge in [-0.2, -0.15) is 0 Å². The van der Waals surface area contributed by atoms with E-state index in [1.807, 2.05) is 24.6 Å². The van der Waals surface area contributed by atoms with Gasteiger partial charge in [-0.25, -0.2) is 0 Å². The van der Waals surface area contributed by atoms with Crippen LogP contribution < -0.4 is 9.47 Å². The summed E-state index contributed by atoms with van der Waals surface area (Å²) in [5.74, 6) is 1.16. The minimum absolute atomic E-state index is 0.188.